The summed E-state index contributed by atoms with van der Waals surface area (Å²) in [5.41, 5.74) is 1.41. The van der Waals surface area contributed by atoms with Crippen LogP contribution >= 0.6 is 0 Å². The first-order valence-corrected chi connectivity index (χ1v) is 7.10. The minimum atomic E-state index is -4.50. The summed E-state index contributed by atoms with van der Waals surface area (Å²) in [5.74, 6) is -0.0805. The second-order valence-corrected chi connectivity index (χ2v) is 5.53. The van der Waals surface area contributed by atoms with Gasteiger partial charge in [0.2, 0.25) is 0 Å². The van der Waals surface area contributed by atoms with Crippen molar-refractivity contribution in [3.8, 4) is 0 Å². The Bertz CT molecular complexity index is 701. The largest absolute Gasteiger partial charge is 0.409 e. The number of hydrogen-bond donors (Lipinski definition) is 0. The van der Waals surface area contributed by atoms with Crippen molar-refractivity contribution in [2.24, 2.45) is 4.99 Å². The van der Waals surface area contributed by atoms with Gasteiger partial charge in [-0.05, 0) is 43.7 Å². The molecule has 2 aliphatic rings. The van der Waals surface area contributed by atoms with E-state index in [0.717, 1.165) is 17.8 Å². The van der Waals surface area contributed by atoms with Gasteiger partial charge in [0.1, 0.15) is 11.6 Å². The maximum atomic E-state index is 13.7. The van der Waals surface area contributed by atoms with Crippen molar-refractivity contribution in [2.75, 3.05) is 6.54 Å². The molecule has 0 saturated heterocycles. The van der Waals surface area contributed by atoms with Crippen LogP contribution in [0.2, 0.25) is 0 Å². The lowest BCUT2D eigenvalue weighted by Gasteiger charge is -2.39. The van der Waals surface area contributed by atoms with E-state index in [1.165, 1.54) is 22.2 Å². The summed E-state index contributed by atoms with van der Waals surface area (Å²) in [6, 6.07) is 2.56. The molecular weight excluding hydrogens is 310 g/mol. The quantitative estimate of drug-likeness (QED) is 0.760. The zero-order chi connectivity index (χ0) is 16.8. The maximum absolute atomic E-state index is 13.7. The third-order valence-electron chi connectivity index (χ3n) is 3.77. The summed E-state index contributed by atoms with van der Waals surface area (Å²) in [4.78, 5) is 4.28. The molecule has 1 aromatic carbocycles. The monoisotopic (exact) mass is 325 g/mol. The molecular formula is C16H15F4N3. The second kappa shape index (κ2) is 5.49. The summed E-state index contributed by atoms with van der Waals surface area (Å²) in [7, 11) is 0. The first-order chi connectivity index (χ1) is 10.8. The molecule has 0 N–H and O–H groups in total. The van der Waals surface area contributed by atoms with E-state index in [0.29, 0.717) is 11.5 Å². The smallest absolute Gasteiger partial charge is 0.260 e. The Morgan fingerprint density at radius 1 is 1.13 bits per heavy atom. The Morgan fingerprint density at radius 2 is 1.78 bits per heavy atom. The van der Waals surface area contributed by atoms with Crippen LogP contribution in [-0.2, 0) is 0 Å². The number of hydrazine groups is 1. The van der Waals surface area contributed by atoms with E-state index in [4.69, 9.17) is 0 Å². The van der Waals surface area contributed by atoms with Crippen LogP contribution in [0, 0.1) is 5.82 Å². The summed E-state index contributed by atoms with van der Waals surface area (Å²) < 4.78 is 54.1. The van der Waals surface area contributed by atoms with Gasteiger partial charge in [-0.1, -0.05) is 12.1 Å². The number of fused-ring (bicyclic) bond motifs is 1. The minimum Gasteiger partial charge on any atom is -0.260 e. The Kier molecular flexibility index (Phi) is 3.75. The van der Waals surface area contributed by atoms with Crippen molar-refractivity contribution in [1.82, 2.24) is 10.0 Å². The van der Waals surface area contributed by atoms with E-state index < -0.39 is 18.0 Å². The molecule has 0 amide bonds. The molecule has 0 radical (unpaired) electrons. The molecule has 3 nitrogen and oxygen atoms in total. The average molecular weight is 325 g/mol. The van der Waals surface area contributed by atoms with E-state index >= 15 is 0 Å². The van der Waals surface area contributed by atoms with E-state index in [2.05, 4.69) is 4.99 Å². The van der Waals surface area contributed by atoms with Gasteiger partial charge < -0.3 is 0 Å². The Labute approximate surface area is 131 Å². The Morgan fingerprint density at radius 3 is 2.39 bits per heavy atom. The molecule has 1 aromatic rings. The van der Waals surface area contributed by atoms with Gasteiger partial charge in [0.15, 0.2) is 6.04 Å². The fourth-order valence-corrected chi connectivity index (χ4v) is 2.92. The van der Waals surface area contributed by atoms with Crippen molar-refractivity contribution in [1.29, 1.82) is 0 Å². The molecule has 122 valence electrons. The summed E-state index contributed by atoms with van der Waals surface area (Å²) in [6.45, 7) is 3.62. The molecule has 1 unspecified atom stereocenters. The van der Waals surface area contributed by atoms with E-state index in [1.807, 2.05) is 0 Å². The van der Waals surface area contributed by atoms with Gasteiger partial charge in [0.25, 0.3) is 0 Å². The van der Waals surface area contributed by atoms with Crippen molar-refractivity contribution in [2.45, 2.75) is 26.1 Å². The number of halogens is 4. The van der Waals surface area contributed by atoms with Crippen LogP contribution in [0.15, 0.2) is 52.9 Å². The molecule has 23 heavy (non-hydrogen) atoms. The van der Waals surface area contributed by atoms with Gasteiger partial charge in [-0.3, -0.25) is 5.01 Å². The predicted octanol–water partition coefficient (Wildman–Crippen LogP) is 4.18. The zero-order valence-electron chi connectivity index (χ0n) is 12.6. The molecule has 3 rings (SSSR count). The summed E-state index contributed by atoms with van der Waals surface area (Å²) in [5, 5.41) is 2.67. The van der Waals surface area contributed by atoms with Crippen molar-refractivity contribution < 1.29 is 17.6 Å². The highest BCUT2D eigenvalue weighted by Gasteiger charge is 2.48. The number of aliphatic imine (C=N–C) groups is 1. The van der Waals surface area contributed by atoms with Crippen LogP contribution in [0.4, 0.5) is 17.6 Å². The van der Waals surface area contributed by atoms with E-state index in [1.54, 1.807) is 26.0 Å². The molecule has 0 aliphatic carbocycles. The predicted molar refractivity (Wildman–Crippen MR) is 78.7 cm³/mol. The highest BCUT2D eigenvalue weighted by Crippen LogP contribution is 2.42. The molecule has 2 aliphatic heterocycles. The first-order valence-electron chi connectivity index (χ1n) is 7.10. The molecule has 0 bridgehead atoms. The third-order valence-corrected chi connectivity index (χ3v) is 3.77. The topological polar surface area (TPSA) is 18.8 Å². The van der Waals surface area contributed by atoms with Crippen LogP contribution in [-0.4, -0.2) is 28.5 Å². The van der Waals surface area contributed by atoms with Crippen LogP contribution in [0.1, 0.15) is 25.5 Å². The molecule has 0 aromatic heterocycles. The van der Waals surface area contributed by atoms with Gasteiger partial charge in [-0.25, -0.2) is 9.38 Å². The number of alkyl halides is 3. The molecule has 0 fully saturated rings. The van der Waals surface area contributed by atoms with Crippen LogP contribution in [0.5, 0.6) is 0 Å². The van der Waals surface area contributed by atoms with Gasteiger partial charge in [0.05, 0.1) is 0 Å². The number of allylic oxidation sites excluding steroid dienone is 2. The lowest BCUT2D eigenvalue weighted by atomic mass is 10.1. The van der Waals surface area contributed by atoms with Crippen LogP contribution in [0.25, 0.3) is 0 Å². The minimum absolute atomic E-state index is 0.00683. The molecule has 0 spiro atoms. The average Bonchev–Trinajstić information content (AvgIpc) is 2.83. The van der Waals surface area contributed by atoms with Crippen molar-refractivity contribution in [3.05, 3.63) is 59.3 Å². The van der Waals surface area contributed by atoms with Crippen molar-refractivity contribution >= 4 is 5.71 Å². The fourth-order valence-electron chi connectivity index (χ4n) is 2.92. The lowest BCUT2D eigenvalue weighted by molar-refractivity contribution is -0.209. The standard InChI is InChI=1S/C16H15F4N3/c1-10-9-11(2)23-14(21-10)7-8-22(23)15(16(18,19)20)12-3-5-13(17)6-4-12/h3-7,9,15H,8H2,1-2H3. The van der Waals surface area contributed by atoms with Crippen LogP contribution < -0.4 is 0 Å². The van der Waals surface area contributed by atoms with Crippen LogP contribution in [0.3, 0.4) is 0 Å². The number of hydrogen-bond acceptors (Lipinski definition) is 3. The highest BCUT2D eigenvalue weighted by atomic mass is 19.4. The van der Waals surface area contributed by atoms with Gasteiger partial charge in [-0.15, -0.1) is 0 Å². The number of nitrogens with zero attached hydrogens (tertiary/aromatic N) is 3. The van der Waals surface area contributed by atoms with Gasteiger partial charge in [-0.2, -0.15) is 18.2 Å². The second-order valence-electron chi connectivity index (χ2n) is 5.53. The fraction of sp³-hybridized carbons (Fsp3) is 0.312. The maximum Gasteiger partial charge on any atom is 0.409 e. The summed E-state index contributed by atoms with van der Waals surface area (Å²) in [6.07, 6.45) is -1.12. The SMILES string of the molecule is CC1=CC(C)=NC2=CCN(C(c3ccc(F)cc3)C(F)(F)F)N12. The van der Waals surface area contributed by atoms with E-state index in [9.17, 15) is 17.6 Å². The zero-order valence-corrected chi connectivity index (χ0v) is 12.6. The van der Waals surface area contributed by atoms with Gasteiger partial charge in [0, 0.05) is 18.0 Å². The first kappa shape index (κ1) is 15.7. The lowest BCUT2D eigenvalue weighted by Crippen LogP contribution is -2.45. The normalized spacial score (nSPS) is 19.9. The number of rotatable bonds is 2. The van der Waals surface area contributed by atoms with E-state index in [-0.39, 0.29) is 12.1 Å². The summed E-state index contributed by atoms with van der Waals surface area (Å²) >= 11 is 0. The molecule has 1 atom stereocenters. The highest BCUT2D eigenvalue weighted by molar-refractivity contribution is 5.94. The molecule has 2 heterocycles. The van der Waals surface area contributed by atoms with Crippen molar-refractivity contribution in [3.63, 3.8) is 0 Å². The third kappa shape index (κ3) is 2.88. The molecule has 0 saturated carbocycles. The molecule has 7 heteroatoms. The Hall–Kier alpha value is -2.15. The van der Waals surface area contributed by atoms with Gasteiger partial charge >= 0.3 is 6.18 Å². The number of benzene rings is 1. The Balaban J connectivity index is 2.00.